The number of ether oxygens (including phenoxy) is 1. The number of benzene rings is 1. The minimum absolute atomic E-state index is 0.355. The average molecular weight is 262 g/mol. The summed E-state index contributed by atoms with van der Waals surface area (Å²) in [5, 5.41) is 3.42. The molecule has 3 atom stereocenters. The van der Waals surface area contributed by atoms with Crippen molar-refractivity contribution >= 4 is 0 Å². The number of nitrogens with zero attached hydrogens (tertiary/aromatic N) is 1. The quantitative estimate of drug-likeness (QED) is 0.882. The molecule has 3 heteroatoms. The monoisotopic (exact) mass is 262 g/mol. The zero-order valence-electron chi connectivity index (χ0n) is 12.3. The number of morpholine rings is 1. The first-order valence-electron chi connectivity index (χ1n) is 7.29. The van der Waals surface area contributed by atoms with E-state index in [4.69, 9.17) is 4.74 Å². The Bertz CT molecular complexity index is 358. The summed E-state index contributed by atoms with van der Waals surface area (Å²) in [7, 11) is 2.04. The lowest BCUT2D eigenvalue weighted by molar-refractivity contribution is -0.0685. The van der Waals surface area contributed by atoms with Crippen molar-refractivity contribution < 1.29 is 4.74 Å². The summed E-state index contributed by atoms with van der Waals surface area (Å²) < 4.78 is 5.78. The first kappa shape index (κ1) is 14.5. The van der Waals surface area contributed by atoms with Crippen LogP contribution in [0.3, 0.4) is 0 Å². The molecule has 0 radical (unpaired) electrons. The van der Waals surface area contributed by atoms with Crippen LogP contribution in [0.15, 0.2) is 30.3 Å². The molecule has 0 aliphatic carbocycles. The van der Waals surface area contributed by atoms with Gasteiger partial charge in [-0.15, -0.1) is 0 Å². The Morgan fingerprint density at radius 3 is 2.42 bits per heavy atom. The minimum atomic E-state index is 0.355. The van der Waals surface area contributed by atoms with Gasteiger partial charge in [0.1, 0.15) is 0 Å². The molecule has 1 N–H and O–H groups in total. The summed E-state index contributed by atoms with van der Waals surface area (Å²) in [4.78, 5) is 2.52. The van der Waals surface area contributed by atoms with E-state index in [-0.39, 0.29) is 0 Å². The highest BCUT2D eigenvalue weighted by molar-refractivity contribution is 5.18. The smallest absolute Gasteiger partial charge is 0.0678 e. The fourth-order valence-corrected chi connectivity index (χ4v) is 2.94. The Morgan fingerprint density at radius 1 is 1.21 bits per heavy atom. The fourth-order valence-electron chi connectivity index (χ4n) is 2.94. The topological polar surface area (TPSA) is 24.5 Å². The highest BCUT2D eigenvalue weighted by Crippen LogP contribution is 2.18. The first-order chi connectivity index (χ1) is 9.19. The van der Waals surface area contributed by atoms with E-state index in [9.17, 15) is 0 Å². The second-order valence-corrected chi connectivity index (χ2v) is 5.56. The summed E-state index contributed by atoms with van der Waals surface area (Å²) in [6, 6.07) is 11.1. The van der Waals surface area contributed by atoms with Crippen LogP contribution in [0.1, 0.15) is 31.9 Å². The molecule has 0 bridgehead atoms. The molecule has 1 aliphatic rings. The number of hydrogen-bond acceptors (Lipinski definition) is 3. The summed E-state index contributed by atoms with van der Waals surface area (Å²) >= 11 is 0. The van der Waals surface area contributed by atoms with Crippen molar-refractivity contribution in [2.75, 3.05) is 26.7 Å². The lowest BCUT2D eigenvalue weighted by Gasteiger charge is -2.36. The van der Waals surface area contributed by atoms with Crippen LogP contribution in [-0.4, -0.2) is 43.8 Å². The highest BCUT2D eigenvalue weighted by atomic mass is 16.5. The van der Waals surface area contributed by atoms with Crippen molar-refractivity contribution in [1.82, 2.24) is 10.2 Å². The normalized spacial score (nSPS) is 26.3. The van der Waals surface area contributed by atoms with Crippen molar-refractivity contribution in [3.8, 4) is 0 Å². The standard InChI is InChI=1S/C16H26N2O/c1-13-11-18(12-14(2)19-13)10-9-16(17-3)15-7-5-4-6-8-15/h4-8,13-14,16-17H,9-12H2,1-3H3/t13-,14+,16?. The molecule has 3 nitrogen and oxygen atoms in total. The Labute approximate surface area is 116 Å². The van der Waals surface area contributed by atoms with E-state index >= 15 is 0 Å². The van der Waals surface area contributed by atoms with Crippen LogP contribution >= 0.6 is 0 Å². The predicted octanol–water partition coefficient (Wildman–Crippen LogP) is 2.45. The van der Waals surface area contributed by atoms with Crippen molar-refractivity contribution in [1.29, 1.82) is 0 Å². The van der Waals surface area contributed by atoms with Gasteiger partial charge in [-0.2, -0.15) is 0 Å². The lowest BCUT2D eigenvalue weighted by Crippen LogP contribution is -2.46. The second-order valence-electron chi connectivity index (χ2n) is 5.56. The molecule has 2 rings (SSSR count). The maximum atomic E-state index is 5.78. The third-order valence-corrected chi connectivity index (χ3v) is 3.78. The van der Waals surface area contributed by atoms with E-state index in [0.717, 1.165) is 26.1 Å². The van der Waals surface area contributed by atoms with Crippen LogP contribution in [0, 0.1) is 0 Å². The van der Waals surface area contributed by atoms with Gasteiger partial charge in [-0.1, -0.05) is 30.3 Å². The van der Waals surface area contributed by atoms with E-state index in [1.54, 1.807) is 0 Å². The maximum Gasteiger partial charge on any atom is 0.0678 e. The van der Waals surface area contributed by atoms with Crippen LogP contribution in [0.4, 0.5) is 0 Å². The van der Waals surface area contributed by atoms with Gasteiger partial charge in [0.2, 0.25) is 0 Å². The molecule has 1 aromatic rings. The SMILES string of the molecule is CNC(CCN1C[C@@H](C)O[C@@H](C)C1)c1ccccc1. The summed E-state index contributed by atoms with van der Waals surface area (Å²) in [6.45, 7) is 7.55. The van der Waals surface area contributed by atoms with E-state index in [1.807, 2.05) is 7.05 Å². The highest BCUT2D eigenvalue weighted by Gasteiger charge is 2.22. The number of hydrogen-bond donors (Lipinski definition) is 1. The molecule has 1 aliphatic heterocycles. The van der Waals surface area contributed by atoms with Gasteiger partial charge in [0, 0.05) is 25.7 Å². The Hall–Kier alpha value is -0.900. The van der Waals surface area contributed by atoms with Gasteiger partial charge in [0.15, 0.2) is 0 Å². The molecule has 1 heterocycles. The van der Waals surface area contributed by atoms with Crippen molar-refractivity contribution in [3.63, 3.8) is 0 Å². The molecule has 0 amide bonds. The molecule has 106 valence electrons. The van der Waals surface area contributed by atoms with Crippen molar-refractivity contribution in [2.45, 2.75) is 38.5 Å². The Balaban J connectivity index is 1.86. The lowest BCUT2D eigenvalue weighted by atomic mass is 10.0. The molecule has 1 saturated heterocycles. The fraction of sp³-hybridized carbons (Fsp3) is 0.625. The van der Waals surface area contributed by atoms with E-state index < -0.39 is 0 Å². The van der Waals surface area contributed by atoms with Crippen LogP contribution in [-0.2, 0) is 4.74 Å². The van der Waals surface area contributed by atoms with Crippen LogP contribution in [0.25, 0.3) is 0 Å². The number of nitrogens with one attached hydrogen (secondary N) is 1. The summed E-state index contributed by atoms with van der Waals surface area (Å²) in [6.07, 6.45) is 1.85. The minimum Gasteiger partial charge on any atom is -0.373 e. The molecule has 0 saturated carbocycles. The van der Waals surface area contributed by atoms with Crippen molar-refractivity contribution in [2.24, 2.45) is 0 Å². The van der Waals surface area contributed by atoms with Gasteiger partial charge in [-0.25, -0.2) is 0 Å². The summed E-state index contributed by atoms with van der Waals surface area (Å²) in [5.74, 6) is 0. The molecule has 0 spiro atoms. The van der Waals surface area contributed by atoms with Gasteiger partial charge < -0.3 is 10.1 Å². The maximum absolute atomic E-state index is 5.78. The third kappa shape index (κ3) is 4.30. The van der Waals surface area contributed by atoms with Gasteiger partial charge in [0.05, 0.1) is 12.2 Å². The molecule has 1 fully saturated rings. The van der Waals surface area contributed by atoms with Crippen LogP contribution in [0.2, 0.25) is 0 Å². The third-order valence-electron chi connectivity index (χ3n) is 3.78. The van der Waals surface area contributed by atoms with Gasteiger partial charge in [-0.05, 0) is 32.9 Å². The number of rotatable bonds is 5. The summed E-state index contributed by atoms with van der Waals surface area (Å²) in [5.41, 5.74) is 1.37. The van der Waals surface area contributed by atoms with Crippen molar-refractivity contribution in [3.05, 3.63) is 35.9 Å². The Kier molecular flexibility index (Phi) is 5.37. The Morgan fingerprint density at radius 2 is 1.84 bits per heavy atom. The van der Waals surface area contributed by atoms with Gasteiger partial charge in [-0.3, -0.25) is 4.90 Å². The van der Waals surface area contributed by atoms with E-state index in [0.29, 0.717) is 18.2 Å². The van der Waals surface area contributed by atoms with Gasteiger partial charge >= 0.3 is 0 Å². The zero-order chi connectivity index (χ0) is 13.7. The molecular weight excluding hydrogens is 236 g/mol. The molecule has 19 heavy (non-hydrogen) atoms. The average Bonchev–Trinajstić information content (AvgIpc) is 2.39. The molecule has 1 unspecified atom stereocenters. The largest absolute Gasteiger partial charge is 0.373 e. The molecule has 1 aromatic carbocycles. The first-order valence-corrected chi connectivity index (χ1v) is 7.29. The molecule has 0 aromatic heterocycles. The second kappa shape index (κ2) is 7.04. The van der Waals surface area contributed by atoms with E-state index in [2.05, 4.69) is 54.4 Å². The van der Waals surface area contributed by atoms with E-state index in [1.165, 1.54) is 5.56 Å². The van der Waals surface area contributed by atoms with Gasteiger partial charge in [0.25, 0.3) is 0 Å². The van der Waals surface area contributed by atoms with Crippen LogP contribution < -0.4 is 5.32 Å². The zero-order valence-corrected chi connectivity index (χ0v) is 12.3. The van der Waals surface area contributed by atoms with Crippen LogP contribution in [0.5, 0.6) is 0 Å². The predicted molar refractivity (Wildman–Crippen MR) is 79.3 cm³/mol. The molecular formula is C16H26N2O.